The summed E-state index contributed by atoms with van der Waals surface area (Å²) >= 11 is 5.76. The molecule has 0 aliphatic rings. The second kappa shape index (κ2) is 4.77. The van der Waals surface area contributed by atoms with Gasteiger partial charge in [-0.2, -0.15) is 5.12 Å². The summed E-state index contributed by atoms with van der Waals surface area (Å²) in [5, 5.41) is 5.22. The molecule has 4 N–H and O–H groups in total. The van der Waals surface area contributed by atoms with Crippen LogP contribution in [0.4, 0.5) is 5.69 Å². The summed E-state index contributed by atoms with van der Waals surface area (Å²) in [5.41, 5.74) is 5.89. The minimum Gasteiger partial charge on any atom is -0.379 e. The van der Waals surface area contributed by atoms with Crippen LogP contribution in [0.2, 0.25) is 5.02 Å². The first kappa shape index (κ1) is 11.5. The monoisotopic (exact) mass is 226 g/mol. The summed E-state index contributed by atoms with van der Waals surface area (Å²) in [4.78, 5) is 10.8. The standard InChI is InChI=1S/C9H11ClN4O/c1-6(15)9(11)13-14(12)8-4-2-3-7(10)5-8/h2-5H,12H2,1H3,(H2,11,13). The lowest BCUT2D eigenvalue weighted by molar-refractivity contribution is -0.111. The third-order valence-electron chi connectivity index (χ3n) is 1.65. The highest BCUT2D eigenvalue weighted by Gasteiger charge is 2.04. The lowest BCUT2D eigenvalue weighted by Crippen LogP contribution is -2.31. The van der Waals surface area contributed by atoms with Gasteiger partial charge in [0, 0.05) is 11.9 Å². The van der Waals surface area contributed by atoms with Crippen molar-refractivity contribution in [3.8, 4) is 0 Å². The molecular formula is C9H11ClN4O. The summed E-state index contributed by atoms with van der Waals surface area (Å²) in [6, 6.07) is 6.73. The van der Waals surface area contributed by atoms with Crippen molar-refractivity contribution in [2.45, 2.75) is 6.92 Å². The van der Waals surface area contributed by atoms with Gasteiger partial charge in [-0.25, -0.2) is 5.84 Å². The molecule has 15 heavy (non-hydrogen) atoms. The second-order valence-electron chi connectivity index (χ2n) is 2.87. The van der Waals surface area contributed by atoms with Gasteiger partial charge in [-0.1, -0.05) is 17.7 Å². The van der Waals surface area contributed by atoms with E-state index >= 15 is 0 Å². The minimum absolute atomic E-state index is 0.155. The van der Waals surface area contributed by atoms with Gasteiger partial charge in [-0.15, -0.1) is 5.10 Å². The summed E-state index contributed by atoms with van der Waals surface area (Å²) in [6.45, 7) is 1.31. The summed E-state index contributed by atoms with van der Waals surface area (Å²) in [5.74, 6) is 5.06. The number of anilines is 1. The van der Waals surface area contributed by atoms with Crippen molar-refractivity contribution in [1.82, 2.24) is 0 Å². The van der Waals surface area contributed by atoms with E-state index in [1.165, 1.54) is 6.92 Å². The Morgan fingerprint density at radius 3 is 2.73 bits per heavy atom. The number of hydrazone groups is 1. The fourth-order valence-electron chi connectivity index (χ4n) is 0.863. The van der Waals surface area contributed by atoms with Crippen molar-refractivity contribution < 1.29 is 4.79 Å². The van der Waals surface area contributed by atoms with E-state index in [0.717, 1.165) is 5.12 Å². The van der Waals surface area contributed by atoms with Crippen LogP contribution in [-0.4, -0.2) is 11.6 Å². The first-order valence-corrected chi connectivity index (χ1v) is 4.54. The number of carbonyl (C=O) groups is 1. The van der Waals surface area contributed by atoms with Crippen LogP contribution in [0.15, 0.2) is 29.4 Å². The average Bonchev–Trinajstić information content (AvgIpc) is 2.17. The van der Waals surface area contributed by atoms with Gasteiger partial charge >= 0.3 is 0 Å². The number of nitrogens with zero attached hydrogens (tertiary/aromatic N) is 2. The molecule has 0 amide bonds. The molecule has 0 unspecified atom stereocenters. The zero-order valence-corrected chi connectivity index (χ0v) is 8.90. The van der Waals surface area contributed by atoms with E-state index in [2.05, 4.69) is 5.10 Å². The summed E-state index contributed by atoms with van der Waals surface area (Å²) in [6.07, 6.45) is 0. The number of rotatable bonds is 3. The molecule has 1 aromatic carbocycles. The number of hydrazine groups is 1. The molecule has 0 aliphatic heterocycles. The first-order valence-electron chi connectivity index (χ1n) is 4.16. The first-order chi connectivity index (χ1) is 7.00. The Labute approximate surface area is 92.3 Å². The molecule has 0 spiro atoms. The number of hydrogen-bond donors (Lipinski definition) is 2. The molecule has 0 heterocycles. The van der Waals surface area contributed by atoms with E-state index in [9.17, 15) is 4.79 Å². The summed E-state index contributed by atoms with van der Waals surface area (Å²) < 4.78 is 0. The van der Waals surface area contributed by atoms with Gasteiger partial charge in [-0.05, 0) is 18.2 Å². The second-order valence-corrected chi connectivity index (χ2v) is 3.30. The Kier molecular flexibility index (Phi) is 3.65. The Morgan fingerprint density at radius 1 is 1.53 bits per heavy atom. The molecular weight excluding hydrogens is 216 g/mol. The number of ketones is 1. The van der Waals surface area contributed by atoms with Gasteiger partial charge in [0.05, 0.1) is 5.69 Å². The number of nitrogens with two attached hydrogens (primary N) is 2. The fraction of sp³-hybridized carbons (Fsp3) is 0.111. The molecule has 6 heteroatoms. The van der Waals surface area contributed by atoms with Crippen LogP contribution >= 0.6 is 11.6 Å². The predicted octanol–water partition coefficient (Wildman–Crippen LogP) is 0.881. The van der Waals surface area contributed by atoms with Gasteiger partial charge in [0.2, 0.25) is 0 Å². The number of halogens is 1. The van der Waals surface area contributed by atoms with Crippen LogP contribution in [0.25, 0.3) is 0 Å². The van der Waals surface area contributed by atoms with Gasteiger partial charge in [-0.3, -0.25) is 4.79 Å². The lowest BCUT2D eigenvalue weighted by atomic mass is 10.3. The van der Waals surface area contributed by atoms with E-state index in [4.69, 9.17) is 23.2 Å². The molecule has 0 aliphatic carbocycles. The smallest absolute Gasteiger partial charge is 0.196 e. The van der Waals surface area contributed by atoms with E-state index in [-0.39, 0.29) is 11.6 Å². The molecule has 0 saturated carbocycles. The predicted molar refractivity (Wildman–Crippen MR) is 60.4 cm³/mol. The molecule has 1 rings (SSSR count). The maximum Gasteiger partial charge on any atom is 0.196 e. The third-order valence-corrected chi connectivity index (χ3v) is 1.88. The maximum absolute atomic E-state index is 10.8. The van der Waals surface area contributed by atoms with Crippen LogP contribution in [0.3, 0.4) is 0 Å². The van der Waals surface area contributed by atoms with E-state index in [1.54, 1.807) is 24.3 Å². The van der Waals surface area contributed by atoms with E-state index in [1.807, 2.05) is 0 Å². The van der Waals surface area contributed by atoms with Gasteiger partial charge in [0.25, 0.3) is 0 Å². The highest BCUT2D eigenvalue weighted by Crippen LogP contribution is 2.17. The lowest BCUT2D eigenvalue weighted by Gasteiger charge is -2.12. The van der Waals surface area contributed by atoms with Crippen molar-refractivity contribution in [3.05, 3.63) is 29.3 Å². The molecule has 80 valence electrons. The van der Waals surface area contributed by atoms with Gasteiger partial charge in [0.15, 0.2) is 11.6 Å². The summed E-state index contributed by atoms with van der Waals surface area (Å²) in [7, 11) is 0. The number of benzene rings is 1. The minimum atomic E-state index is -0.340. The van der Waals surface area contributed by atoms with Crippen LogP contribution in [0.1, 0.15) is 6.92 Å². The third kappa shape index (κ3) is 3.23. The average molecular weight is 227 g/mol. The van der Waals surface area contributed by atoms with Crippen molar-refractivity contribution >= 4 is 28.9 Å². The molecule has 0 bridgehead atoms. The van der Waals surface area contributed by atoms with Gasteiger partial charge < -0.3 is 5.73 Å². The van der Waals surface area contributed by atoms with E-state index < -0.39 is 0 Å². The van der Waals surface area contributed by atoms with Crippen LogP contribution in [-0.2, 0) is 4.79 Å². The molecule has 0 radical (unpaired) electrons. The molecule has 5 nitrogen and oxygen atoms in total. The van der Waals surface area contributed by atoms with Crippen molar-refractivity contribution in [2.75, 3.05) is 5.12 Å². The van der Waals surface area contributed by atoms with Crippen molar-refractivity contribution in [2.24, 2.45) is 16.7 Å². The quantitative estimate of drug-likeness (QED) is 0.347. The number of Topliss-reactive ketones (excluding diaryl/α,β-unsaturated/α-hetero) is 1. The molecule has 0 aromatic heterocycles. The van der Waals surface area contributed by atoms with Gasteiger partial charge in [0.1, 0.15) is 0 Å². The Balaban J connectivity index is 2.90. The molecule has 1 aromatic rings. The van der Waals surface area contributed by atoms with Crippen LogP contribution < -0.4 is 16.7 Å². The number of carbonyl (C=O) groups excluding carboxylic acids is 1. The largest absolute Gasteiger partial charge is 0.379 e. The Bertz CT molecular complexity index is 405. The number of amidine groups is 1. The maximum atomic E-state index is 10.8. The molecule has 0 fully saturated rings. The van der Waals surface area contributed by atoms with E-state index in [0.29, 0.717) is 10.7 Å². The Morgan fingerprint density at radius 2 is 2.20 bits per heavy atom. The highest BCUT2D eigenvalue weighted by molar-refractivity contribution is 6.37. The molecule has 0 saturated heterocycles. The highest BCUT2D eigenvalue weighted by atomic mass is 35.5. The van der Waals surface area contributed by atoms with Crippen LogP contribution in [0, 0.1) is 0 Å². The van der Waals surface area contributed by atoms with Crippen LogP contribution in [0.5, 0.6) is 0 Å². The van der Waals surface area contributed by atoms with Crippen molar-refractivity contribution in [1.29, 1.82) is 0 Å². The topological polar surface area (TPSA) is 84.7 Å². The Hall–Kier alpha value is -1.59. The SMILES string of the molecule is CC(=O)/C(N)=N/N(N)c1cccc(Cl)c1. The normalized spacial score (nSPS) is 11.3. The zero-order valence-electron chi connectivity index (χ0n) is 8.14. The van der Waals surface area contributed by atoms with Crippen molar-refractivity contribution in [3.63, 3.8) is 0 Å². The fourth-order valence-corrected chi connectivity index (χ4v) is 1.05. The molecule has 0 atom stereocenters. The number of hydrogen-bond acceptors (Lipinski definition) is 4. The zero-order chi connectivity index (χ0) is 11.4.